The second-order valence-corrected chi connectivity index (χ2v) is 16.3. The Labute approximate surface area is 292 Å². The summed E-state index contributed by atoms with van der Waals surface area (Å²) in [7, 11) is 0. The van der Waals surface area contributed by atoms with Crippen molar-refractivity contribution in [2.75, 3.05) is 13.1 Å². The van der Waals surface area contributed by atoms with Crippen molar-refractivity contribution >= 4 is 0 Å². The summed E-state index contributed by atoms with van der Waals surface area (Å²) in [6.45, 7) is 7.17. The molecule has 0 aromatic carbocycles. The third-order valence-corrected chi connectivity index (χ3v) is 12.1. The van der Waals surface area contributed by atoms with Crippen molar-refractivity contribution in [3.63, 3.8) is 0 Å². The highest BCUT2D eigenvalue weighted by molar-refractivity contribution is 4.87. The van der Waals surface area contributed by atoms with Crippen LogP contribution in [0.2, 0.25) is 0 Å². The second-order valence-electron chi connectivity index (χ2n) is 16.3. The predicted molar refractivity (Wildman–Crippen MR) is 208 cm³/mol. The lowest BCUT2D eigenvalue weighted by Gasteiger charge is -2.37. The van der Waals surface area contributed by atoms with Crippen LogP contribution in [0.25, 0.3) is 0 Å². The van der Waals surface area contributed by atoms with Crippen molar-refractivity contribution < 1.29 is 0 Å². The molecule has 46 heavy (non-hydrogen) atoms. The molecule has 0 amide bonds. The molecule has 0 bridgehead atoms. The molecule has 0 aromatic rings. The Balaban J connectivity index is 1.23. The molecule has 2 aliphatic rings. The zero-order valence-electron chi connectivity index (χ0n) is 32.2. The summed E-state index contributed by atoms with van der Waals surface area (Å²) in [6, 6.07) is 1.72. The van der Waals surface area contributed by atoms with Gasteiger partial charge in [0.2, 0.25) is 0 Å². The quantitative estimate of drug-likeness (QED) is 0.0658. The van der Waals surface area contributed by atoms with Crippen molar-refractivity contribution in [2.24, 2.45) is 11.8 Å². The standard InChI is InChI=1S/C44H88N2/c1-3-5-7-9-11-13-17-21-25-29-33-41-35-37-43(41)45-39-31-27-23-19-15-16-20-24-28-32-40-46-44-38-36-42(44)34-30-26-22-18-14-12-10-8-6-4-2/h41-46H,3-40H2,1-2H3. The Morgan fingerprint density at radius 2 is 0.565 bits per heavy atom. The van der Waals surface area contributed by atoms with Gasteiger partial charge in [0.25, 0.3) is 0 Å². The lowest BCUT2D eigenvalue weighted by Crippen LogP contribution is -2.44. The van der Waals surface area contributed by atoms with Gasteiger partial charge in [-0.05, 0) is 76.3 Å². The number of hydrogen-bond acceptors (Lipinski definition) is 2. The van der Waals surface area contributed by atoms with E-state index in [9.17, 15) is 0 Å². The molecule has 0 aromatic heterocycles. The molecule has 2 heteroatoms. The van der Waals surface area contributed by atoms with Gasteiger partial charge in [-0.2, -0.15) is 0 Å². The highest BCUT2D eigenvalue weighted by Gasteiger charge is 2.30. The molecule has 0 heterocycles. The summed E-state index contributed by atoms with van der Waals surface area (Å²) in [5.41, 5.74) is 0. The van der Waals surface area contributed by atoms with Crippen LogP contribution in [-0.2, 0) is 0 Å². The minimum Gasteiger partial charge on any atom is -0.314 e. The number of rotatable bonds is 37. The molecule has 0 saturated heterocycles. The lowest BCUT2D eigenvalue weighted by molar-refractivity contribution is 0.192. The van der Waals surface area contributed by atoms with Gasteiger partial charge in [0, 0.05) is 12.1 Å². The van der Waals surface area contributed by atoms with E-state index in [1.54, 1.807) is 0 Å². The Hall–Kier alpha value is -0.0800. The fraction of sp³-hybridized carbons (Fsp3) is 1.00. The summed E-state index contributed by atoms with van der Waals surface area (Å²) in [5.74, 6) is 2.00. The average Bonchev–Trinajstić information content (AvgIpc) is 3.04. The zero-order chi connectivity index (χ0) is 32.6. The predicted octanol–water partition coefficient (Wildman–Crippen LogP) is 14.2. The van der Waals surface area contributed by atoms with Crippen LogP contribution in [0, 0.1) is 11.8 Å². The van der Waals surface area contributed by atoms with Crippen LogP contribution >= 0.6 is 0 Å². The summed E-state index contributed by atoms with van der Waals surface area (Å²) in [6.07, 6.45) is 52.6. The van der Waals surface area contributed by atoms with E-state index in [2.05, 4.69) is 24.5 Å². The van der Waals surface area contributed by atoms with Crippen molar-refractivity contribution in [3.8, 4) is 0 Å². The molecule has 2 fully saturated rings. The SMILES string of the molecule is CCCCCCCCCCCCC1CCC1NCCCCCCCCCCCCNC1CCC1CCCCCCCCCCCC. The fourth-order valence-electron chi connectivity index (χ4n) is 8.39. The molecule has 2 nitrogen and oxygen atoms in total. The van der Waals surface area contributed by atoms with E-state index in [0.29, 0.717) is 0 Å². The molecule has 4 unspecified atom stereocenters. The van der Waals surface area contributed by atoms with Gasteiger partial charge in [-0.15, -0.1) is 0 Å². The second kappa shape index (κ2) is 32.1. The van der Waals surface area contributed by atoms with Crippen LogP contribution in [0.4, 0.5) is 0 Å². The van der Waals surface area contributed by atoms with Gasteiger partial charge in [-0.1, -0.05) is 194 Å². The molecule has 274 valence electrons. The molecular formula is C44H88N2. The summed E-state index contributed by atoms with van der Waals surface area (Å²) < 4.78 is 0. The smallest absolute Gasteiger partial charge is 0.00954 e. The first-order valence-electron chi connectivity index (χ1n) is 22.3. The first-order valence-corrected chi connectivity index (χ1v) is 22.3. The monoisotopic (exact) mass is 645 g/mol. The number of nitrogens with one attached hydrogen (secondary N) is 2. The van der Waals surface area contributed by atoms with Gasteiger partial charge in [-0.25, -0.2) is 0 Å². The van der Waals surface area contributed by atoms with E-state index in [-0.39, 0.29) is 0 Å². The van der Waals surface area contributed by atoms with Crippen LogP contribution in [-0.4, -0.2) is 25.2 Å². The molecular weight excluding hydrogens is 556 g/mol. The Bertz CT molecular complexity index is 553. The summed E-state index contributed by atoms with van der Waals surface area (Å²) >= 11 is 0. The lowest BCUT2D eigenvalue weighted by atomic mass is 9.76. The summed E-state index contributed by atoms with van der Waals surface area (Å²) in [4.78, 5) is 0. The van der Waals surface area contributed by atoms with Gasteiger partial charge in [-0.3, -0.25) is 0 Å². The summed E-state index contributed by atoms with van der Waals surface area (Å²) in [5, 5.41) is 7.85. The Kier molecular flexibility index (Phi) is 29.4. The molecule has 0 spiro atoms. The molecule has 2 N–H and O–H groups in total. The zero-order valence-corrected chi connectivity index (χ0v) is 32.2. The van der Waals surface area contributed by atoms with E-state index < -0.39 is 0 Å². The van der Waals surface area contributed by atoms with E-state index >= 15 is 0 Å². The Morgan fingerprint density at radius 3 is 0.826 bits per heavy atom. The number of hydrogen-bond donors (Lipinski definition) is 2. The van der Waals surface area contributed by atoms with E-state index in [0.717, 1.165) is 23.9 Å². The maximum absolute atomic E-state index is 3.92. The maximum atomic E-state index is 3.92. The highest BCUT2D eigenvalue weighted by atomic mass is 14.9. The largest absolute Gasteiger partial charge is 0.314 e. The molecule has 0 aliphatic heterocycles. The molecule has 2 aliphatic carbocycles. The highest BCUT2D eigenvalue weighted by Crippen LogP contribution is 2.33. The van der Waals surface area contributed by atoms with E-state index in [1.165, 1.54) is 244 Å². The minimum atomic E-state index is 0.860. The van der Waals surface area contributed by atoms with Crippen molar-refractivity contribution in [2.45, 2.75) is 257 Å². The van der Waals surface area contributed by atoms with Crippen molar-refractivity contribution in [1.82, 2.24) is 10.6 Å². The first-order chi connectivity index (χ1) is 22.8. The number of unbranched alkanes of at least 4 members (excludes halogenated alkanes) is 27. The Morgan fingerprint density at radius 1 is 0.304 bits per heavy atom. The van der Waals surface area contributed by atoms with Gasteiger partial charge < -0.3 is 10.6 Å². The van der Waals surface area contributed by atoms with E-state index in [1.807, 2.05) is 0 Å². The van der Waals surface area contributed by atoms with Crippen molar-refractivity contribution in [1.29, 1.82) is 0 Å². The molecule has 2 rings (SSSR count). The van der Waals surface area contributed by atoms with Crippen LogP contribution in [0.3, 0.4) is 0 Å². The van der Waals surface area contributed by atoms with Crippen LogP contribution < -0.4 is 10.6 Å². The average molecular weight is 645 g/mol. The van der Waals surface area contributed by atoms with Gasteiger partial charge >= 0.3 is 0 Å². The van der Waals surface area contributed by atoms with Crippen LogP contribution in [0.15, 0.2) is 0 Å². The molecule has 2 saturated carbocycles. The van der Waals surface area contributed by atoms with Crippen molar-refractivity contribution in [3.05, 3.63) is 0 Å². The van der Waals surface area contributed by atoms with Gasteiger partial charge in [0.15, 0.2) is 0 Å². The van der Waals surface area contributed by atoms with E-state index in [4.69, 9.17) is 0 Å². The third kappa shape index (κ3) is 23.3. The van der Waals surface area contributed by atoms with Gasteiger partial charge in [0.1, 0.15) is 0 Å². The van der Waals surface area contributed by atoms with Gasteiger partial charge in [0.05, 0.1) is 0 Å². The minimum absolute atomic E-state index is 0.860. The normalized spacial score (nSPS) is 21.0. The van der Waals surface area contributed by atoms with Crippen LogP contribution in [0.5, 0.6) is 0 Å². The first kappa shape index (κ1) is 42.1. The molecule has 4 atom stereocenters. The fourth-order valence-corrected chi connectivity index (χ4v) is 8.39. The topological polar surface area (TPSA) is 24.1 Å². The maximum Gasteiger partial charge on any atom is 0.00954 e. The third-order valence-electron chi connectivity index (χ3n) is 12.1. The van der Waals surface area contributed by atoms with Crippen LogP contribution in [0.1, 0.15) is 245 Å². The molecule has 0 radical (unpaired) electrons.